The standard InChI is InChI=1S/C10H6F6O5S/c1-22(19,20)21-5-3-2-4(8(17)18)6(9(11,12)13)7(5)10(14,15)16/h2-3H,1H3,(H,17,18). The summed E-state index contributed by atoms with van der Waals surface area (Å²) in [6.45, 7) is 0. The summed E-state index contributed by atoms with van der Waals surface area (Å²) in [5, 5.41) is 8.62. The Morgan fingerprint density at radius 1 is 1.05 bits per heavy atom. The van der Waals surface area contributed by atoms with E-state index in [-0.39, 0.29) is 12.1 Å². The van der Waals surface area contributed by atoms with Gasteiger partial charge in [-0.3, -0.25) is 0 Å². The lowest BCUT2D eigenvalue weighted by Gasteiger charge is -2.20. The summed E-state index contributed by atoms with van der Waals surface area (Å²) in [6, 6.07) is 0.378. The third-order valence-corrected chi connectivity index (χ3v) is 2.69. The van der Waals surface area contributed by atoms with Crippen LogP contribution < -0.4 is 4.18 Å². The molecule has 22 heavy (non-hydrogen) atoms. The van der Waals surface area contributed by atoms with Crippen molar-refractivity contribution >= 4 is 16.1 Å². The molecule has 0 radical (unpaired) electrons. The van der Waals surface area contributed by atoms with Gasteiger partial charge in [0.1, 0.15) is 5.56 Å². The van der Waals surface area contributed by atoms with Gasteiger partial charge in [0, 0.05) is 0 Å². The number of rotatable bonds is 3. The SMILES string of the molecule is CS(=O)(=O)Oc1ccc(C(=O)O)c(C(F)(F)F)c1C(F)(F)F. The van der Waals surface area contributed by atoms with Gasteiger partial charge >= 0.3 is 28.4 Å². The fourth-order valence-corrected chi connectivity index (χ4v) is 2.04. The maximum absolute atomic E-state index is 12.9. The van der Waals surface area contributed by atoms with Crippen LogP contribution >= 0.6 is 0 Å². The monoisotopic (exact) mass is 352 g/mol. The Hall–Kier alpha value is -1.98. The molecule has 124 valence electrons. The van der Waals surface area contributed by atoms with E-state index in [2.05, 4.69) is 4.18 Å². The largest absolute Gasteiger partial charge is 0.478 e. The van der Waals surface area contributed by atoms with Gasteiger partial charge in [-0.1, -0.05) is 0 Å². The lowest BCUT2D eigenvalue weighted by Crippen LogP contribution is -2.23. The molecular weight excluding hydrogens is 346 g/mol. The highest BCUT2D eigenvalue weighted by molar-refractivity contribution is 7.86. The van der Waals surface area contributed by atoms with E-state index in [1.807, 2.05) is 0 Å². The quantitative estimate of drug-likeness (QED) is 0.668. The van der Waals surface area contributed by atoms with Crippen LogP contribution in [0.25, 0.3) is 0 Å². The summed E-state index contributed by atoms with van der Waals surface area (Å²) in [5.74, 6) is -3.92. The lowest BCUT2D eigenvalue weighted by molar-refractivity contribution is -0.162. The van der Waals surface area contributed by atoms with Crippen molar-refractivity contribution in [3.8, 4) is 5.75 Å². The molecule has 0 saturated heterocycles. The van der Waals surface area contributed by atoms with Crippen molar-refractivity contribution in [2.45, 2.75) is 12.4 Å². The van der Waals surface area contributed by atoms with Crippen LogP contribution in [0.1, 0.15) is 21.5 Å². The van der Waals surface area contributed by atoms with Gasteiger partial charge in [-0.15, -0.1) is 0 Å². The number of carboxylic acids is 1. The highest BCUT2D eigenvalue weighted by Crippen LogP contribution is 2.46. The van der Waals surface area contributed by atoms with Gasteiger partial charge in [-0.25, -0.2) is 4.79 Å². The van der Waals surface area contributed by atoms with Crippen LogP contribution in [-0.4, -0.2) is 25.7 Å². The van der Waals surface area contributed by atoms with Crippen LogP contribution in [0.5, 0.6) is 5.75 Å². The number of carbonyl (C=O) groups is 1. The van der Waals surface area contributed by atoms with Crippen molar-refractivity contribution in [1.29, 1.82) is 0 Å². The summed E-state index contributed by atoms with van der Waals surface area (Å²) in [6.07, 6.45) is -11.1. The van der Waals surface area contributed by atoms with Crippen molar-refractivity contribution in [2.75, 3.05) is 6.26 Å². The molecule has 0 aliphatic heterocycles. The van der Waals surface area contributed by atoms with Gasteiger partial charge < -0.3 is 9.29 Å². The molecule has 1 aromatic rings. The number of benzene rings is 1. The average molecular weight is 352 g/mol. The second-order valence-corrected chi connectivity index (χ2v) is 5.52. The first-order valence-electron chi connectivity index (χ1n) is 5.08. The molecule has 0 unspecified atom stereocenters. The second kappa shape index (κ2) is 5.34. The summed E-state index contributed by atoms with van der Waals surface area (Å²) in [5.41, 5.74) is -6.74. The zero-order chi connectivity index (χ0) is 17.5. The van der Waals surface area contributed by atoms with Gasteiger partial charge in [-0.2, -0.15) is 34.8 Å². The Balaban J connectivity index is 3.89. The van der Waals surface area contributed by atoms with Crippen LogP contribution in [0.4, 0.5) is 26.3 Å². The first-order chi connectivity index (χ1) is 9.64. The van der Waals surface area contributed by atoms with E-state index in [4.69, 9.17) is 5.11 Å². The Kier molecular flexibility index (Phi) is 4.38. The molecule has 0 fully saturated rings. The molecule has 0 saturated carbocycles. The van der Waals surface area contributed by atoms with Gasteiger partial charge in [0.05, 0.1) is 17.4 Å². The zero-order valence-corrected chi connectivity index (χ0v) is 11.2. The summed E-state index contributed by atoms with van der Waals surface area (Å²) in [7, 11) is -4.57. The summed E-state index contributed by atoms with van der Waals surface area (Å²) < 4.78 is 103. The summed E-state index contributed by atoms with van der Waals surface area (Å²) >= 11 is 0. The molecule has 0 bridgehead atoms. The van der Waals surface area contributed by atoms with Crippen LogP contribution in [0, 0.1) is 0 Å². The molecule has 0 amide bonds. The minimum atomic E-state index is -5.70. The fourth-order valence-electron chi connectivity index (χ4n) is 1.57. The summed E-state index contributed by atoms with van der Waals surface area (Å²) in [4.78, 5) is 10.7. The maximum Gasteiger partial charge on any atom is 0.420 e. The lowest BCUT2D eigenvalue weighted by atomic mass is 9.99. The highest BCUT2D eigenvalue weighted by Gasteiger charge is 2.48. The van der Waals surface area contributed by atoms with Crippen molar-refractivity contribution in [2.24, 2.45) is 0 Å². The van der Waals surface area contributed by atoms with E-state index in [9.17, 15) is 39.6 Å². The predicted molar refractivity (Wildman–Crippen MR) is 58.9 cm³/mol. The molecule has 1 rings (SSSR count). The fraction of sp³-hybridized carbons (Fsp3) is 0.300. The topological polar surface area (TPSA) is 80.7 Å². The zero-order valence-electron chi connectivity index (χ0n) is 10.4. The van der Waals surface area contributed by atoms with E-state index in [0.29, 0.717) is 6.26 Å². The Morgan fingerprint density at radius 3 is 1.82 bits per heavy atom. The molecule has 1 N–H and O–H groups in total. The highest BCUT2D eigenvalue weighted by atomic mass is 32.2. The molecule has 0 heterocycles. The molecule has 0 aromatic heterocycles. The van der Waals surface area contributed by atoms with E-state index < -0.39 is 50.9 Å². The van der Waals surface area contributed by atoms with Crippen LogP contribution in [0.15, 0.2) is 12.1 Å². The molecular formula is C10H6F6O5S. The van der Waals surface area contributed by atoms with Gasteiger partial charge in [0.2, 0.25) is 0 Å². The third-order valence-electron chi connectivity index (χ3n) is 2.21. The number of carboxylic acid groups (broad SMARTS) is 1. The van der Waals surface area contributed by atoms with Crippen molar-refractivity contribution in [3.05, 3.63) is 28.8 Å². The third kappa shape index (κ3) is 4.02. The molecule has 0 aliphatic rings. The molecule has 0 spiro atoms. The van der Waals surface area contributed by atoms with E-state index in [1.165, 1.54) is 0 Å². The minimum absolute atomic E-state index is 0.181. The van der Waals surface area contributed by atoms with Crippen LogP contribution in [-0.2, 0) is 22.5 Å². The number of aromatic carboxylic acids is 1. The van der Waals surface area contributed by atoms with E-state index in [0.717, 1.165) is 0 Å². The van der Waals surface area contributed by atoms with Gasteiger partial charge in [0.15, 0.2) is 5.75 Å². The number of halogens is 6. The smallest absolute Gasteiger partial charge is 0.420 e. The normalized spacial score (nSPS) is 13.0. The molecule has 0 aliphatic carbocycles. The van der Waals surface area contributed by atoms with E-state index in [1.54, 1.807) is 0 Å². The Labute approximate surface area is 119 Å². The molecule has 1 aromatic carbocycles. The van der Waals surface area contributed by atoms with Crippen LogP contribution in [0.2, 0.25) is 0 Å². The first-order valence-corrected chi connectivity index (χ1v) is 6.90. The predicted octanol–water partition coefficient (Wildman–Crippen LogP) is 2.76. The molecule has 5 nitrogen and oxygen atoms in total. The number of hydrogen-bond acceptors (Lipinski definition) is 4. The van der Waals surface area contributed by atoms with Gasteiger partial charge in [-0.05, 0) is 12.1 Å². The van der Waals surface area contributed by atoms with Crippen molar-refractivity contribution in [3.63, 3.8) is 0 Å². The molecule has 12 heteroatoms. The van der Waals surface area contributed by atoms with Crippen LogP contribution in [0.3, 0.4) is 0 Å². The van der Waals surface area contributed by atoms with E-state index >= 15 is 0 Å². The number of hydrogen-bond donors (Lipinski definition) is 1. The van der Waals surface area contributed by atoms with Crippen molar-refractivity contribution < 1.29 is 48.8 Å². The molecule has 0 atom stereocenters. The Morgan fingerprint density at radius 2 is 1.50 bits per heavy atom. The first kappa shape index (κ1) is 18.1. The Bertz CT molecular complexity index is 704. The van der Waals surface area contributed by atoms with Gasteiger partial charge in [0.25, 0.3) is 0 Å². The second-order valence-electron chi connectivity index (χ2n) is 3.95. The average Bonchev–Trinajstić information content (AvgIpc) is 2.22. The maximum atomic E-state index is 12.9. The van der Waals surface area contributed by atoms with Crippen molar-refractivity contribution in [1.82, 2.24) is 0 Å². The number of alkyl halides is 6. The minimum Gasteiger partial charge on any atom is -0.478 e.